The van der Waals surface area contributed by atoms with Crippen molar-refractivity contribution in [2.24, 2.45) is 0 Å². The highest BCUT2D eigenvalue weighted by molar-refractivity contribution is 9.10. The highest BCUT2D eigenvalue weighted by Gasteiger charge is 2.28. The van der Waals surface area contributed by atoms with Gasteiger partial charge in [-0.3, -0.25) is 0 Å². The molecule has 1 heterocycles. The number of pyridine rings is 1. The number of halogens is 1. The standard InChI is InChI=1S/C24H27BrN2/c1-17-16-24(26-23-11-7-6-10-22(17)23)27(21-8-4-3-5-9-21)18(2)19-12-14-20(25)15-13-19/h6-7,10-16,18,21H,3-5,8-9H2,1-2H3/t18-/m1/s1. The lowest BCUT2D eigenvalue weighted by atomic mass is 9.92. The number of fused-ring (bicyclic) bond motifs is 1. The first-order valence-corrected chi connectivity index (χ1v) is 10.8. The van der Waals surface area contributed by atoms with Gasteiger partial charge in [0.25, 0.3) is 0 Å². The third-order valence-corrected chi connectivity index (χ3v) is 6.44. The van der Waals surface area contributed by atoms with E-state index in [0.717, 1.165) is 15.8 Å². The van der Waals surface area contributed by atoms with Crippen LogP contribution in [0, 0.1) is 6.92 Å². The quantitative estimate of drug-likeness (QED) is 0.441. The Kier molecular flexibility index (Phi) is 5.49. The molecule has 0 saturated heterocycles. The molecule has 1 fully saturated rings. The molecule has 1 saturated carbocycles. The zero-order valence-electron chi connectivity index (χ0n) is 16.2. The van der Waals surface area contributed by atoms with Crippen molar-refractivity contribution < 1.29 is 0 Å². The average Bonchev–Trinajstić information content (AvgIpc) is 2.69. The van der Waals surface area contributed by atoms with Crippen LogP contribution in [0.3, 0.4) is 0 Å². The van der Waals surface area contributed by atoms with E-state index >= 15 is 0 Å². The van der Waals surface area contributed by atoms with Crippen molar-refractivity contribution in [1.29, 1.82) is 0 Å². The van der Waals surface area contributed by atoms with E-state index in [4.69, 9.17) is 4.98 Å². The number of aromatic nitrogens is 1. The van der Waals surface area contributed by atoms with Gasteiger partial charge in [-0.2, -0.15) is 0 Å². The summed E-state index contributed by atoms with van der Waals surface area (Å²) in [5.41, 5.74) is 3.74. The van der Waals surface area contributed by atoms with E-state index in [-0.39, 0.29) is 0 Å². The molecule has 2 nitrogen and oxygen atoms in total. The summed E-state index contributed by atoms with van der Waals surface area (Å²) in [4.78, 5) is 7.68. The number of rotatable bonds is 4. The van der Waals surface area contributed by atoms with E-state index in [1.165, 1.54) is 48.6 Å². The SMILES string of the molecule is Cc1cc(N(C2CCCCC2)[C@H](C)c2ccc(Br)cc2)nc2ccccc12. The number of aryl methyl sites for hydroxylation is 1. The molecule has 27 heavy (non-hydrogen) atoms. The molecule has 1 aliphatic carbocycles. The first kappa shape index (κ1) is 18.5. The zero-order chi connectivity index (χ0) is 18.8. The first-order chi connectivity index (χ1) is 13.1. The molecule has 0 radical (unpaired) electrons. The fraction of sp³-hybridized carbons (Fsp3) is 0.375. The third kappa shape index (κ3) is 3.89. The summed E-state index contributed by atoms with van der Waals surface area (Å²) in [6.07, 6.45) is 6.52. The van der Waals surface area contributed by atoms with Gasteiger partial charge < -0.3 is 4.90 Å². The molecule has 0 bridgehead atoms. The minimum atomic E-state index is 0.300. The van der Waals surface area contributed by atoms with Crippen LogP contribution in [0.2, 0.25) is 0 Å². The lowest BCUT2D eigenvalue weighted by Crippen LogP contribution is -2.39. The van der Waals surface area contributed by atoms with Crippen molar-refractivity contribution in [2.45, 2.75) is 58.0 Å². The molecular weight excluding hydrogens is 396 g/mol. The Hall–Kier alpha value is -1.87. The maximum Gasteiger partial charge on any atom is 0.130 e. The highest BCUT2D eigenvalue weighted by Crippen LogP contribution is 2.35. The van der Waals surface area contributed by atoms with Gasteiger partial charge in [0.15, 0.2) is 0 Å². The fourth-order valence-corrected chi connectivity index (χ4v) is 4.69. The number of anilines is 1. The van der Waals surface area contributed by atoms with E-state index in [2.05, 4.69) is 89.3 Å². The molecule has 0 N–H and O–H groups in total. The summed E-state index contributed by atoms with van der Waals surface area (Å²) in [6, 6.07) is 20.4. The predicted molar refractivity (Wildman–Crippen MR) is 118 cm³/mol. The van der Waals surface area contributed by atoms with Crippen LogP contribution in [-0.2, 0) is 0 Å². The van der Waals surface area contributed by atoms with Crippen LogP contribution in [-0.4, -0.2) is 11.0 Å². The molecule has 4 rings (SSSR count). The van der Waals surface area contributed by atoms with Crippen LogP contribution in [0.4, 0.5) is 5.82 Å². The Balaban J connectivity index is 1.78. The predicted octanol–water partition coefficient (Wildman–Crippen LogP) is 7.21. The molecule has 0 spiro atoms. The fourth-order valence-electron chi connectivity index (χ4n) is 4.43. The second kappa shape index (κ2) is 8.02. The van der Waals surface area contributed by atoms with Crippen LogP contribution in [0.15, 0.2) is 59.1 Å². The molecule has 3 aromatic rings. The minimum Gasteiger partial charge on any atom is -0.347 e. The van der Waals surface area contributed by atoms with Crippen molar-refractivity contribution in [3.63, 3.8) is 0 Å². The van der Waals surface area contributed by atoms with Crippen molar-refractivity contribution in [2.75, 3.05) is 4.90 Å². The Morgan fingerprint density at radius 2 is 1.70 bits per heavy atom. The van der Waals surface area contributed by atoms with E-state index in [0.29, 0.717) is 12.1 Å². The normalized spacial score (nSPS) is 16.4. The summed E-state index contributed by atoms with van der Waals surface area (Å²) in [6.45, 7) is 4.53. The molecule has 140 valence electrons. The Bertz CT molecular complexity index is 913. The second-order valence-corrected chi connectivity index (χ2v) is 8.66. The van der Waals surface area contributed by atoms with E-state index in [1.54, 1.807) is 0 Å². The lowest BCUT2D eigenvalue weighted by Gasteiger charge is -2.40. The average molecular weight is 423 g/mol. The van der Waals surface area contributed by atoms with Gasteiger partial charge in [0.1, 0.15) is 5.82 Å². The van der Waals surface area contributed by atoms with Gasteiger partial charge in [-0.25, -0.2) is 4.98 Å². The van der Waals surface area contributed by atoms with Gasteiger partial charge in [0.05, 0.1) is 11.6 Å². The number of nitrogens with zero attached hydrogens (tertiary/aromatic N) is 2. The maximum absolute atomic E-state index is 5.09. The van der Waals surface area contributed by atoms with Crippen LogP contribution < -0.4 is 4.90 Å². The van der Waals surface area contributed by atoms with Gasteiger partial charge in [0.2, 0.25) is 0 Å². The molecular formula is C24H27BrN2. The summed E-state index contributed by atoms with van der Waals surface area (Å²) in [5.74, 6) is 1.12. The topological polar surface area (TPSA) is 16.1 Å². The molecule has 0 unspecified atom stereocenters. The number of benzene rings is 2. The van der Waals surface area contributed by atoms with Crippen LogP contribution in [0.25, 0.3) is 10.9 Å². The summed E-state index contributed by atoms with van der Waals surface area (Å²) >= 11 is 3.56. The summed E-state index contributed by atoms with van der Waals surface area (Å²) < 4.78 is 1.13. The third-order valence-electron chi connectivity index (χ3n) is 5.91. The Morgan fingerprint density at radius 1 is 1.00 bits per heavy atom. The Morgan fingerprint density at radius 3 is 2.44 bits per heavy atom. The number of hydrogen-bond donors (Lipinski definition) is 0. The summed E-state index contributed by atoms with van der Waals surface area (Å²) in [5, 5.41) is 1.25. The van der Waals surface area contributed by atoms with Crippen molar-refractivity contribution >= 4 is 32.7 Å². The smallest absolute Gasteiger partial charge is 0.130 e. The molecule has 1 aliphatic rings. The number of para-hydroxylation sites is 1. The van der Waals surface area contributed by atoms with Gasteiger partial charge in [-0.1, -0.05) is 65.5 Å². The van der Waals surface area contributed by atoms with E-state index in [9.17, 15) is 0 Å². The van der Waals surface area contributed by atoms with Crippen molar-refractivity contribution in [1.82, 2.24) is 4.98 Å². The number of hydrogen-bond acceptors (Lipinski definition) is 2. The molecule has 0 amide bonds. The highest BCUT2D eigenvalue weighted by atomic mass is 79.9. The molecule has 1 atom stereocenters. The van der Waals surface area contributed by atoms with Gasteiger partial charge in [0, 0.05) is 15.9 Å². The molecule has 1 aromatic heterocycles. The van der Waals surface area contributed by atoms with E-state index in [1.807, 2.05) is 0 Å². The van der Waals surface area contributed by atoms with Crippen molar-refractivity contribution in [3.05, 3.63) is 70.2 Å². The largest absolute Gasteiger partial charge is 0.347 e. The van der Waals surface area contributed by atoms with Crippen LogP contribution in [0.1, 0.15) is 56.2 Å². The van der Waals surface area contributed by atoms with Crippen LogP contribution in [0.5, 0.6) is 0 Å². The molecule has 2 aromatic carbocycles. The zero-order valence-corrected chi connectivity index (χ0v) is 17.7. The van der Waals surface area contributed by atoms with Crippen molar-refractivity contribution in [3.8, 4) is 0 Å². The Labute approximate surface area is 170 Å². The molecule has 0 aliphatic heterocycles. The van der Waals surface area contributed by atoms with Gasteiger partial charge >= 0.3 is 0 Å². The van der Waals surface area contributed by atoms with Gasteiger partial charge in [-0.05, 0) is 62.1 Å². The van der Waals surface area contributed by atoms with Gasteiger partial charge in [-0.15, -0.1) is 0 Å². The maximum atomic E-state index is 5.09. The second-order valence-electron chi connectivity index (χ2n) is 7.74. The molecule has 3 heteroatoms. The lowest BCUT2D eigenvalue weighted by molar-refractivity contribution is 0.393. The minimum absolute atomic E-state index is 0.300. The first-order valence-electron chi connectivity index (χ1n) is 10.0. The summed E-state index contributed by atoms with van der Waals surface area (Å²) in [7, 11) is 0. The monoisotopic (exact) mass is 422 g/mol. The van der Waals surface area contributed by atoms with Crippen LogP contribution >= 0.6 is 15.9 Å². The van der Waals surface area contributed by atoms with E-state index < -0.39 is 0 Å².